The van der Waals surface area contributed by atoms with Crippen molar-refractivity contribution >= 4 is 32.6 Å². The third kappa shape index (κ3) is 5.33. The molecule has 1 amide bonds. The average Bonchev–Trinajstić information content (AvgIpc) is 3.45. The highest BCUT2D eigenvalue weighted by molar-refractivity contribution is 7.22. The van der Waals surface area contributed by atoms with Crippen LogP contribution in [0.4, 0.5) is 18.3 Å². The Morgan fingerprint density at radius 1 is 1.21 bits per heavy atom. The number of aromatic nitrogens is 3. The lowest BCUT2D eigenvalue weighted by Gasteiger charge is -2.20. The molecule has 0 saturated heterocycles. The van der Waals surface area contributed by atoms with Gasteiger partial charge in [-0.15, -0.1) is 0 Å². The standard InChI is InChI=1S/C23H21F3N4O2S/c1-2-32-18-7-8-19-20(14-18)33-22(28-19)30(11-4-10-29-12-9-27-15-29)21(31)16-5-3-6-17(13-16)23(24,25)26/h3,5-9,12-15H,2,4,10-11H2,1H3. The van der Waals surface area contributed by atoms with E-state index in [1.54, 1.807) is 24.7 Å². The Bertz CT molecular complexity index is 1240. The van der Waals surface area contributed by atoms with Crippen LogP contribution in [-0.4, -0.2) is 33.6 Å². The van der Waals surface area contributed by atoms with Crippen LogP contribution in [0, 0.1) is 0 Å². The maximum Gasteiger partial charge on any atom is 0.416 e. The average molecular weight is 475 g/mol. The van der Waals surface area contributed by atoms with Crippen molar-refractivity contribution < 1.29 is 22.7 Å². The van der Waals surface area contributed by atoms with Crippen LogP contribution in [-0.2, 0) is 12.7 Å². The minimum atomic E-state index is -4.53. The first-order chi connectivity index (χ1) is 15.8. The van der Waals surface area contributed by atoms with Crippen LogP contribution in [0.1, 0.15) is 29.3 Å². The largest absolute Gasteiger partial charge is 0.494 e. The second-order valence-corrected chi connectivity index (χ2v) is 8.26. The van der Waals surface area contributed by atoms with Crippen LogP contribution in [0.2, 0.25) is 0 Å². The Morgan fingerprint density at radius 3 is 2.79 bits per heavy atom. The van der Waals surface area contributed by atoms with Gasteiger partial charge in [-0.3, -0.25) is 9.69 Å². The molecular weight excluding hydrogens is 453 g/mol. The molecule has 0 atom stereocenters. The molecule has 0 spiro atoms. The third-order valence-electron chi connectivity index (χ3n) is 4.93. The predicted octanol–water partition coefficient (Wildman–Crippen LogP) is 5.65. The van der Waals surface area contributed by atoms with Crippen molar-refractivity contribution in [3.63, 3.8) is 0 Å². The van der Waals surface area contributed by atoms with Gasteiger partial charge in [-0.25, -0.2) is 9.97 Å². The Labute approximate surface area is 192 Å². The number of rotatable bonds is 8. The summed E-state index contributed by atoms with van der Waals surface area (Å²) in [6.07, 6.45) is 1.18. The summed E-state index contributed by atoms with van der Waals surface area (Å²) in [5.74, 6) is 0.159. The molecule has 0 aliphatic heterocycles. The van der Waals surface area contributed by atoms with E-state index in [4.69, 9.17) is 4.74 Å². The first-order valence-electron chi connectivity index (χ1n) is 10.3. The predicted molar refractivity (Wildman–Crippen MR) is 121 cm³/mol. The normalized spacial score (nSPS) is 11.6. The number of benzene rings is 2. The first-order valence-corrected chi connectivity index (χ1v) is 11.1. The highest BCUT2D eigenvalue weighted by Gasteiger charge is 2.31. The topological polar surface area (TPSA) is 60.2 Å². The number of hydrogen-bond acceptors (Lipinski definition) is 5. The van der Waals surface area contributed by atoms with Crippen LogP contribution >= 0.6 is 11.3 Å². The molecule has 0 fully saturated rings. The van der Waals surface area contributed by atoms with E-state index < -0.39 is 17.6 Å². The van der Waals surface area contributed by atoms with Gasteiger partial charge in [-0.2, -0.15) is 13.2 Å². The van der Waals surface area contributed by atoms with Crippen LogP contribution < -0.4 is 9.64 Å². The molecular formula is C23H21F3N4O2S. The molecule has 2 aromatic heterocycles. The van der Waals surface area contributed by atoms with Gasteiger partial charge in [0.1, 0.15) is 5.75 Å². The van der Waals surface area contributed by atoms with Crippen molar-refractivity contribution in [1.29, 1.82) is 0 Å². The zero-order chi connectivity index (χ0) is 23.4. The van der Waals surface area contributed by atoms with Gasteiger partial charge in [0.2, 0.25) is 0 Å². The minimum absolute atomic E-state index is 0.0401. The van der Waals surface area contributed by atoms with E-state index in [0.717, 1.165) is 16.8 Å². The molecule has 2 aromatic carbocycles. The summed E-state index contributed by atoms with van der Waals surface area (Å²) in [6, 6.07) is 9.91. The number of carbonyl (C=O) groups excluding carboxylic acids is 1. The quantitative estimate of drug-likeness (QED) is 0.331. The molecule has 0 aliphatic rings. The van der Waals surface area contributed by atoms with E-state index in [2.05, 4.69) is 9.97 Å². The molecule has 0 radical (unpaired) electrons. The summed E-state index contributed by atoms with van der Waals surface area (Å²) in [4.78, 5) is 23.4. The number of aryl methyl sites for hydroxylation is 1. The summed E-state index contributed by atoms with van der Waals surface area (Å²) in [5.41, 5.74) is -0.214. The number of alkyl halides is 3. The Hall–Kier alpha value is -3.40. The Kier molecular flexibility index (Phi) is 6.64. The molecule has 0 saturated carbocycles. The van der Waals surface area contributed by atoms with Crippen molar-refractivity contribution in [1.82, 2.24) is 14.5 Å². The van der Waals surface area contributed by atoms with Crippen molar-refractivity contribution in [2.45, 2.75) is 26.1 Å². The fourth-order valence-electron chi connectivity index (χ4n) is 3.36. The molecule has 0 N–H and O–H groups in total. The number of ether oxygens (including phenoxy) is 1. The summed E-state index contributed by atoms with van der Waals surface area (Å²) < 4.78 is 47.8. The van der Waals surface area contributed by atoms with Crippen LogP contribution in [0.15, 0.2) is 61.2 Å². The number of fused-ring (bicyclic) bond motifs is 1. The molecule has 6 nitrogen and oxygen atoms in total. The van der Waals surface area contributed by atoms with Gasteiger partial charge < -0.3 is 9.30 Å². The number of hydrogen-bond donors (Lipinski definition) is 0. The van der Waals surface area contributed by atoms with Crippen LogP contribution in [0.5, 0.6) is 5.75 Å². The molecule has 0 aliphatic carbocycles. The smallest absolute Gasteiger partial charge is 0.416 e. The molecule has 2 heterocycles. The SMILES string of the molecule is CCOc1ccc2nc(N(CCCn3ccnc3)C(=O)c3cccc(C(F)(F)F)c3)sc2c1. The van der Waals surface area contributed by atoms with Crippen LogP contribution in [0.25, 0.3) is 10.2 Å². The molecule has 4 aromatic rings. The van der Waals surface area contributed by atoms with Gasteiger partial charge in [0, 0.05) is 31.0 Å². The Balaban J connectivity index is 1.65. The van der Waals surface area contributed by atoms with Crippen LogP contribution in [0.3, 0.4) is 0 Å². The molecule has 33 heavy (non-hydrogen) atoms. The van der Waals surface area contributed by atoms with E-state index in [9.17, 15) is 18.0 Å². The van der Waals surface area contributed by atoms with Crippen molar-refractivity contribution in [2.24, 2.45) is 0 Å². The lowest BCUT2D eigenvalue weighted by atomic mass is 10.1. The highest BCUT2D eigenvalue weighted by Crippen LogP contribution is 2.34. The van der Waals surface area contributed by atoms with Gasteiger partial charge in [0.25, 0.3) is 5.91 Å². The summed E-state index contributed by atoms with van der Waals surface area (Å²) in [5, 5.41) is 0.423. The molecule has 0 bridgehead atoms. The second kappa shape index (κ2) is 9.62. The first kappa shape index (κ1) is 22.8. The maximum absolute atomic E-state index is 13.3. The van der Waals surface area contributed by atoms with Gasteiger partial charge in [0.15, 0.2) is 5.13 Å². The van der Waals surface area contributed by atoms with Gasteiger partial charge in [-0.05, 0) is 49.7 Å². The molecule has 4 rings (SSSR count). The fraction of sp³-hybridized carbons (Fsp3) is 0.261. The lowest BCUT2D eigenvalue weighted by molar-refractivity contribution is -0.137. The monoisotopic (exact) mass is 474 g/mol. The third-order valence-corrected chi connectivity index (χ3v) is 5.97. The lowest BCUT2D eigenvalue weighted by Crippen LogP contribution is -2.32. The van der Waals surface area contributed by atoms with Gasteiger partial charge in [0.05, 0.1) is 28.7 Å². The number of thiazole rings is 1. The summed E-state index contributed by atoms with van der Waals surface area (Å²) in [7, 11) is 0. The highest BCUT2D eigenvalue weighted by atomic mass is 32.1. The fourth-order valence-corrected chi connectivity index (χ4v) is 4.38. The van der Waals surface area contributed by atoms with E-state index in [-0.39, 0.29) is 12.1 Å². The van der Waals surface area contributed by atoms with Gasteiger partial charge >= 0.3 is 6.18 Å². The summed E-state index contributed by atoms with van der Waals surface area (Å²) >= 11 is 1.30. The number of carbonyl (C=O) groups is 1. The second-order valence-electron chi connectivity index (χ2n) is 7.25. The molecule has 172 valence electrons. The molecule has 0 unspecified atom stereocenters. The van der Waals surface area contributed by atoms with Gasteiger partial charge in [-0.1, -0.05) is 17.4 Å². The number of amides is 1. The van der Waals surface area contributed by atoms with E-state index in [1.807, 2.05) is 23.8 Å². The van der Waals surface area contributed by atoms with Crippen molar-refractivity contribution in [2.75, 3.05) is 18.1 Å². The van der Waals surface area contributed by atoms with Crippen molar-refractivity contribution in [3.8, 4) is 5.75 Å². The zero-order valence-electron chi connectivity index (χ0n) is 17.7. The van der Waals surface area contributed by atoms with E-state index in [0.29, 0.717) is 36.0 Å². The maximum atomic E-state index is 13.3. The Morgan fingerprint density at radius 2 is 2.06 bits per heavy atom. The van der Waals surface area contributed by atoms with E-state index >= 15 is 0 Å². The number of nitrogens with zero attached hydrogens (tertiary/aromatic N) is 4. The number of halogens is 3. The van der Waals surface area contributed by atoms with E-state index in [1.165, 1.54) is 28.4 Å². The minimum Gasteiger partial charge on any atom is -0.494 e. The zero-order valence-corrected chi connectivity index (χ0v) is 18.6. The number of anilines is 1. The van der Waals surface area contributed by atoms with Crippen molar-refractivity contribution in [3.05, 3.63) is 72.3 Å². The number of imidazole rings is 1. The molecule has 10 heteroatoms. The summed E-state index contributed by atoms with van der Waals surface area (Å²) in [6.45, 7) is 3.29.